The van der Waals surface area contributed by atoms with Crippen molar-refractivity contribution < 1.29 is 18.9 Å². The van der Waals surface area contributed by atoms with E-state index in [1.54, 1.807) is 14.2 Å². The molecule has 0 spiro atoms. The van der Waals surface area contributed by atoms with E-state index in [0.717, 1.165) is 11.3 Å². The molecule has 0 aromatic heterocycles. The summed E-state index contributed by atoms with van der Waals surface area (Å²) in [6.07, 6.45) is 0. The summed E-state index contributed by atoms with van der Waals surface area (Å²) in [5, 5.41) is 0. The molecule has 0 aliphatic rings. The summed E-state index contributed by atoms with van der Waals surface area (Å²) in [6.45, 7) is 1.06. The van der Waals surface area contributed by atoms with Crippen LogP contribution < -0.4 is 4.74 Å². The molecule has 1 rings (SSSR count). The lowest BCUT2D eigenvalue weighted by Crippen LogP contribution is -2.00. The number of methoxy groups -OCH3 is 2. The zero-order chi connectivity index (χ0) is 10.9. The van der Waals surface area contributed by atoms with Gasteiger partial charge in [0.2, 0.25) is 0 Å². The molecule has 0 saturated heterocycles. The van der Waals surface area contributed by atoms with Crippen LogP contribution in [-0.2, 0) is 20.8 Å². The van der Waals surface area contributed by atoms with Crippen LogP contribution in [0.15, 0.2) is 24.3 Å². The van der Waals surface area contributed by atoms with E-state index in [1.165, 1.54) is 0 Å². The van der Waals surface area contributed by atoms with Crippen molar-refractivity contribution in [2.45, 2.75) is 6.61 Å². The fourth-order valence-corrected chi connectivity index (χ4v) is 1.09. The molecule has 1 aromatic rings. The van der Waals surface area contributed by atoms with Crippen LogP contribution in [0.25, 0.3) is 0 Å². The van der Waals surface area contributed by atoms with Gasteiger partial charge in [0, 0.05) is 14.2 Å². The first-order valence-electron chi connectivity index (χ1n) is 4.64. The van der Waals surface area contributed by atoms with Gasteiger partial charge in [-0.15, -0.1) is 0 Å². The van der Waals surface area contributed by atoms with E-state index in [4.69, 9.17) is 18.9 Å². The molecule has 0 N–H and O–H groups in total. The van der Waals surface area contributed by atoms with Crippen LogP contribution in [0.3, 0.4) is 0 Å². The average molecular weight is 212 g/mol. The Balaban J connectivity index is 2.42. The molecule has 0 bridgehead atoms. The standard InChI is InChI=1S/C11H16O4/c1-12-8-14-7-10-4-3-5-11(6-10)15-9-13-2/h3-6H,7-9H2,1-2H3. The van der Waals surface area contributed by atoms with Crippen molar-refractivity contribution in [1.29, 1.82) is 0 Å². The van der Waals surface area contributed by atoms with E-state index in [-0.39, 0.29) is 6.79 Å². The second-order valence-electron chi connectivity index (χ2n) is 2.95. The number of hydrogen-bond donors (Lipinski definition) is 0. The molecule has 4 heteroatoms. The van der Waals surface area contributed by atoms with E-state index < -0.39 is 0 Å². The molecule has 0 heterocycles. The molecule has 0 amide bonds. The van der Waals surface area contributed by atoms with E-state index >= 15 is 0 Å². The van der Waals surface area contributed by atoms with Gasteiger partial charge >= 0.3 is 0 Å². The van der Waals surface area contributed by atoms with Gasteiger partial charge in [-0.1, -0.05) is 12.1 Å². The summed E-state index contributed by atoms with van der Waals surface area (Å²) in [6, 6.07) is 7.67. The van der Waals surface area contributed by atoms with Crippen LogP contribution in [0.5, 0.6) is 5.75 Å². The molecule has 0 fully saturated rings. The van der Waals surface area contributed by atoms with Gasteiger partial charge in [0.1, 0.15) is 12.5 Å². The predicted octanol–water partition coefficient (Wildman–Crippen LogP) is 1.79. The third kappa shape index (κ3) is 4.78. The predicted molar refractivity (Wildman–Crippen MR) is 55.6 cm³/mol. The molecular formula is C11H16O4. The van der Waals surface area contributed by atoms with Gasteiger partial charge in [-0.3, -0.25) is 0 Å². The number of rotatable bonds is 7. The van der Waals surface area contributed by atoms with Crippen molar-refractivity contribution in [1.82, 2.24) is 0 Å². The minimum absolute atomic E-state index is 0.252. The lowest BCUT2D eigenvalue weighted by Gasteiger charge is -2.07. The van der Waals surface area contributed by atoms with Crippen LogP contribution in [0.2, 0.25) is 0 Å². The van der Waals surface area contributed by atoms with Gasteiger partial charge in [-0.2, -0.15) is 0 Å². The highest BCUT2D eigenvalue weighted by Gasteiger charge is 1.96. The Morgan fingerprint density at radius 1 is 1.07 bits per heavy atom. The van der Waals surface area contributed by atoms with Gasteiger partial charge in [-0.25, -0.2) is 0 Å². The van der Waals surface area contributed by atoms with Gasteiger partial charge < -0.3 is 18.9 Å². The van der Waals surface area contributed by atoms with Crippen LogP contribution in [-0.4, -0.2) is 27.8 Å². The minimum atomic E-state index is 0.252. The topological polar surface area (TPSA) is 36.9 Å². The lowest BCUT2D eigenvalue weighted by molar-refractivity contribution is -0.0391. The summed E-state index contributed by atoms with van der Waals surface area (Å²) < 4.78 is 20.1. The maximum atomic E-state index is 5.29. The quantitative estimate of drug-likeness (QED) is 0.510. The zero-order valence-electron chi connectivity index (χ0n) is 9.06. The largest absolute Gasteiger partial charge is 0.468 e. The first-order chi connectivity index (χ1) is 7.36. The van der Waals surface area contributed by atoms with Crippen molar-refractivity contribution in [3.8, 4) is 5.75 Å². The molecular weight excluding hydrogens is 196 g/mol. The Morgan fingerprint density at radius 2 is 1.87 bits per heavy atom. The van der Waals surface area contributed by atoms with Gasteiger partial charge in [-0.05, 0) is 17.7 Å². The summed E-state index contributed by atoms with van der Waals surface area (Å²) in [5.74, 6) is 0.773. The molecule has 0 radical (unpaired) electrons. The Hall–Kier alpha value is -1.10. The first-order valence-corrected chi connectivity index (χ1v) is 4.64. The Morgan fingerprint density at radius 3 is 2.60 bits per heavy atom. The monoisotopic (exact) mass is 212 g/mol. The van der Waals surface area contributed by atoms with Gasteiger partial charge in [0.15, 0.2) is 6.79 Å². The molecule has 15 heavy (non-hydrogen) atoms. The molecule has 0 atom stereocenters. The second-order valence-corrected chi connectivity index (χ2v) is 2.95. The molecule has 1 aromatic carbocycles. The highest BCUT2D eigenvalue weighted by atomic mass is 16.7. The van der Waals surface area contributed by atoms with Crippen molar-refractivity contribution in [2.75, 3.05) is 27.8 Å². The summed E-state index contributed by atoms with van der Waals surface area (Å²) in [4.78, 5) is 0. The molecule has 0 saturated carbocycles. The number of hydrogen-bond acceptors (Lipinski definition) is 4. The fourth-order valence-electron chi connectivity index (χ4n) is 1.09. The first kappa shape index (κ1) is 12.0. The summed E-state index contributed by atoms with van der Waals surface area (Å²) >= 11 is 0. The molecule has 0 aliphatic carbocycles. The maximum absolute atomic E-state index is 5.29. The fraction of sp³-hybridized carbons (Fsp3) is 0.455. The number of benzene rings is 1. The highest BCUT2D eigenvalue weighted by molar-refractivity contribution is 5.27. The van der Waals surface area contributed by atoms with Gasteiger partial charge in [0.05, 0.1) is 6.61 Å². The van der Waals surface area contributed by atoms with Crippen LogP contribution in [0.4, 0.5) is 0 Å². The van der Waals surface area contributed by atoms with E-state index in [1.807, 2.05) is 24.3 Å². The molecule has 84 valence electrons. The van der Waals surface area contributed by atoms with Crippen molar-refractivity contribution in [3.05, 3.63) is 29.8 Å². The molecule has 4 nitrogen and oxygen atoms in total. The molecule has 0 aliphatic heterocycles. The van der Waals surface area contributed by atoms with Crippen LogP contribution in [0, 0.1) is 0 Å². The van der Waals surface area contributed by atoms with Crippen LogP contribution in [0.1, 0.15) is 5.56 Å². The van der Waals surface area contributed by atoms with Crippen molar-refractivity contribution in [2.24, 2.45) is 0 Å². The van der Waals surface area contributed by atoms with E-state index in [9.17, 15) is 0 Å². The SMILES string of the molecule is COCOCc1cccc(OCOC)c1. The Bertz CT molecular complexity index is 275. The third-order valence-corrected chi connectivity index (χ3v) is 1.71. The Kier molecular flexibility index (Phi) is 5.77. The summed E-state index contributed by atoms with van der Waals surface area (Å²) in [5.41, 5.74) is 1.04. The second kappa shape index (κ2) is 7.23. The Labute approximate surface area is 89.7 Å². The van der Waals surface area contributed by atoms with Gasteiger partial charge in [0.25, 0.3) is 0 Å². The third-order valence-electron chi connectivity index (χ3n) is 1.71. The summed E-state index contributed by atoms with van der Waals surface area (Å²) in [7, 11) is 3.18. The van der Waals surface area contributed by atoms with Crippen LogP contribution >= 0.6 is 0 Å². The zero-order valence-corrected chi connectivity index (χ0v) is 9.06. The van der Waals surface area contributed by atoms with E-state index in [2.05, 4.69) is 0 Å². The van der Waals surface area contributed by atoms with E-state index in [0.29, 0.717) is 13.4 Å². The highest BCUT2D eigenvalue weighted by Crippen LogP contribution is 2.13. The minimum Gasteiger partial charge on any atom is -0.468 e. The smallest absolute Gasteiger partial charge is 0.188 e. The van der Waals surface area contributed by atoms with Crippen molar-refractivity contribution >= 4 is 0 Å². The lowest BCUT2D eigenvalue weighted by atomic mass is 10.2. The number of ether oxygens (including phenoxy) is 4. The average Bonchev–Trinajstić information content (AvgIpc) is 2.27. The van der Waals surface area contributed by atoms with Crippen molar-refractivity contribution in [3.63, 3.8) is 0 Å². The molecule has 0 unspecified atom stereocenters. The normalized spacial score (nSPS) is 10.3. The maximum Gasteiger partial charge on any atom is 0.188 e.